The summed E-state index contributed by atoms with van der Waals surface area (Å²) in [6, 6.07) is 16.6. The van der Waals surface area contributed by atoms with Crippen molar-refractivity contribution in [2.24, 2.45) is 0 Å². The minimum atomic E-state index is -0.436. The maximum Gasteiger partial charge on any atom is 0.331 e. The van der Waals surface area contributed by atoms with Crippen LogP contribution in [0.15, 0.2) is 54.6 Å². The molecular formula is C22H25NO3. The van der Waals surface area contributed by atoms with E-state index in [2.05, 4.69) is 5.48 Å². The fourth-order valence-electron chi connectivity index (χ4n) is 3.29. The van der Waals surface area contributed by atoms with Gasteiger partial charge in [-0.3, -0.25) is 4.79 Å². The Balaban J connectivity index is 1.64. The fourth-order valence-corrected chi connectivity index (χ4v) is 3.29. The molecule has 0 radical (unpaired) electrons. The molecular weight excluding hydrogens is 326 g/mol. The average molecular weight is 351 g/mol. The monoisotopic (exact) mass is 351 g/mol. The number of nitrogens with one attached hydrogen (secondary N) is 1. The van der Waals surface area contributed by atoms with E-state index in [4.69, 9.17) is 4.84 Å². The summed E-state index contributed by atoms with van der Waals surface area (Å²) in [5.41, 5.74) is 4.91. The molecule has 0 aromatic heterocycles. The SMILES string of the molecule is CC(C(=O)ONC1CCCCC1)c1cccc(C(=O)c2ccccc2)c1. The first-order valence-corrected chi connectivity index (χ1v) is 9.31. The van der Waals surface area contributed by atoms with E-state index in [0.29, 0.717) is 11.1 Å². The van der Waals surface area contributed by atoms with E-state index < -0.39 is 5.92 Å². The quantitative estimate of drug-likeness (QED) is 0.619. The van der Waals surface area contributed by atoms with Gasteiger partial charge in [-0.2, -0.15) is 5.48 Å². The van der Waals surface area contributed by atoms with Crippen LogP contribution in [0.25, 0.3) is 0 Å². The fraction of sp³-hybridized carbons (Fsp3) is 0.364. The summed E-state index contributed by atoms with van der Waals surface area (Å²) in [6.45, 7) is 1.80. The molecule has 0 amide bonds. The Morgan fingerprint density at radius 1 is 0.962 bits per heavy atom. The van der Waals surface area contributed by atoms with E-state index in [9.17, 15) is 9.59 Å². The van der Waals surface area contributed by atoms with E-state index >= 15 is 0 Å². The summed E-state index contributed by atoms with van der Waals surface area (Å²) in [5.74, 6) is -0.803. The van der Waals surface area contributed by atoms with Crippen LogP contribution in [0.3, 0.4) is 0 Å². The van der Waals surface area contributed by atoms with Crippen molar-refractivity contribution in [2.75, 3.05) is 0 Å². The number of hydrogen-bond acceptors (Lipinski definition) is 4. The first-order chi connectivity index (χ1) is 12.6. The normalized spacial score (nSPS) is 16.0. The van der Waals surface area contributed by atoms with Gasteiger partial charge in [0.25, 0.3) is 0 Å². The van der Waals surface area contributed by atoms with Crippen molar-refractivity contribution in [3.8, 4) is 0 Å². The predicted octanol–water partition coefficient (Wildman–Crippen LogP) is 4.40. The zero-order chi connectivity index (χ0) is 18.4. The summed E-state index contributed by atoms with van der Waals surface area (Å²) in [5, 5.41) is 0. The van der Waals surface area contributed by atoms with Crippen LogP contribution in [0.2, 0.25) is 0 Å². The lowest BCUT2D eigenvalue weighted by Crippen LogP contribution is -2.34. The highest BCUT2D eigenvalue weighted by molar-refractivity contribution is 6.09. The van der Waals surface area contributed by atoms with E-state index in [-0.39, 0.29) is 17.8 Å². The number of hydrogen-bond donors (Lipinski definition) is 1. The van der Waals surface area contributed by atoms with Crippen LogP contribution in [-0.4, -0.2) is 17.8 Å². The van der Waals surface area contributed by atoms with Crippen LogP contribution >= 0.6 is 0 Å². The lowest BCUT2D eigenvalue weighted by Gasteiger charge is -2.22. The highest BCUT2D eigenvalue weighted by atomic mass is 16.7. The van der Waals surface area contributed by atoms with Gasteiger partial charge in [0.1, 0.15) is 0 Å². The second-order valence-corrected chi connectivity index (χ2v) is 6.92. The van der Waals surface area contributed by atoms with Crippen LogP contribution in [-0.2, 0) is 9.63 Å². The Kier molecular flexibility index (Phi) is 6.18. The zero-order valence-electron chi connectivity index (χ0n) is 15.1. The Morgan fingerprint density at radius 2 is 1.65 bits per heavy atom. The molecule has 26 heavy (non-hydrogen) atoms. The molecule has 0 heterocycles. The molecule has 0 spiro atoms. The van der Waals surface area contributed by atoms with Crippen molar-refractivity contribution in [2.45, 2.75) is 51.0 Å². The van der Waals surface area contributed by atoms with Crippen molar-refractivity contribution >= 4 is 11.8 Å². The van der Waals surface area contributed by atoms with Crippen LogP contribution < -0.4 is 5.48 Å². The van der Waals surface area contributed by atoms with Gasteiger partial charge in [0, 0.05) is 17.2 Å². The minimum absolute atomic E-state index is 0.0478. The van der Waals surface area contributed by atoms with Crippen molar-refractivity contribution in [3.63, 3.8) is 0 Å². The van der Waals surface area contributed by atoms with Gasteiger partial charge in [0.15, 0.2) is 5.78 Å². The molecule has 1 saturated carbocycles. The molecule has 4 heteroatoms. The van der Waals surface area contributed by atoms with Crippen LogP contribution in [0.1, 0.15) is 66.4 Å². The van der Waals surface area contributed by atoms with Gasteiger partial charge < -0.3 is 4.84 Å². The van der Waals surface area contributed by atoms with Crippen LogP contribution in [0.5, 0.6) is 0 Å². The van der Waals surface area contributed by atoms with Crippen LogP contribution in [0.4, 0.5) is 0 Å². The topological polar surface area (TPSA) is 55.4 Å². The summed E-state index contributed by atoms with van der Waals surface area (Å²) in [6.07, 6.45) is 5.69. The minimum Gasteiger partial charge on any atom is -0.370 e. The number of rotatable bonds is 6. The highest BCUT2D eigenvalue weighted by Gasteiger charge is 2.21. The number of ketones is 1. The van der Waals surface area contributed by atoms with E-state index in [0.717, 1.165) is 18.4 Å². The summed E-state index contributed by atoms with van der Waals surface area (Å²) in [7, 11) is 0. The molecule has 2 aromatic rings. The lowest BCUT2D eigenvalue weighted by molar-refractivity contribution is -0.155. The third-order valence-corrected chi connectivity index (χ3v) is 4.97. The summed E-state index contributed by atoms with van der Waals surface area (Å²) < 4.78 is 0. The smallest absolute Gasteiger partial charge is 0.331 e. The number of benzene rings is 2. The molecule has 1 aliphatic carbocycles. The van der Waals surface area contributed by atoms with Crippen LogP contribution in [0, 0.1) is 0 Å². The predicted molar refractivity (Wildman–Crippen MR) is 101 cm³/mol. The second-order valence-electron chi connectivity index (χ2n) is 6.92. The molecule has 1 N–H and O–H groups in total. The molecule has 4 nitrogen and oxygen atoms in total. The number of carbonyl (C=O) groups is 2. The molecule has 1 unspecified atom stereocenters. The molecule has 1 fully saturated rings. The van der Waals surface area contributed by atoms with E-state index in [1.54, 1.807) is 31.2 Å². The summed E-state index contributed by atoms with van der Waals surface area (Å²) >= 11 is 0. The van der Waals surface area contributed by atoms with Gasteiger partial charge in [-0.15, -0.1) is 0 Å². The first kappa shape index (κ1) is 18.3. The third kappa shape index (κ3) is 4.58. The highest BCUT2D eigenvalue weighted by Crippen LogP contribution is 2.21. The zero-order valence-corrected chi connectivity index (χ0v) is 15.1. The molecule has 1 aliphatic rings. The van der Waals surface area contributed by atoms with Crippen molar-refractivity contribution < 1.29 is 14.4 Å². The second kappa shape index (κ2) is 8.77. The Labute approximate surface area is 154 Å². The Morgan fingerprint density at radius 3 is 2.38 bits per heavy atom. The Bertz CT molecular complexity index is 751. The molecule has 0 saturated heterocycles. The van der Waals surface area contributed by atoms with E-state index in [1.807, 2.05) is 30.3 Å². The first-order valence-electron chi connectivity index (χ1n) is 9.31. The largest absolute Gasteiger partial charge is 0.370 e. The van der Waals surface area contributed by atoms with Gasteiger partial charge >= 0.3 is 5.97 Å². The lowest BCUT2D eigenvalue weighted by atomic mass is 9.95. The van der Waals surface area contributed by atoms with Gasteiger partial charge in [-0.1, -0.05) is 67.8 Å². The van der Waals surface area contributed by atoms with Crippen molar-refractivity contribution in [1.82, 2.24) is 5.48 Å². The van der Waals surface area contributed by atoms with Gasteiger partial charge in [-0.25, -0.2) is 4.79 Å². The van der Waals surface area contributed by atoms with Gasteiger partial charge in [-0.05, 0) is 31.4 Å². The number of hydroxylamine groups is 1. The third-order valence-electron chi connectivity index (χ3n) is 4.97. The molecule has 136 valence electrons. The summed E-state index contributed by atoms with van der Waals surface area (Å²) in [4.78, 5) is 30.3. The maximum atomic E-state index is 12.6. The maximum absolute atomic E-state index is 12.6. The molecule has 0 aliphatic heterocycles. The molecule has 3 rings (SSSR count). The van der Waals surface area contributed by atoms with Crippen molar-refractivity contribution in [1.29, 1.82) is 0 Å². The van der Waals surface area contributed by atoms with Crippen molar-refractivity contribution in [3.05, 3.63) is 71.3 Å². The van der Waals surface area contributed by atoms with E-state index in [1.165, 1.54) is 19.3 Å². The van der Waals surface area contributed by atoms with Gasteiger partial charge in [0.2, 0.25) is 0 Å². The van der Waals surface area contributed by atoms with Gasteiger partial charge in [0.05, 0.1) is 5.92 Å². The standard InChI is InChI=1S/C22H25NO3/c1-16(22(25)26-23-20-13-6-3-7-14-20)18-11-8-12-19(15-18)21(24)17-9-4-2-5-10-17/h2,4-5,8-12,15-16,20,23H,3,6-7,13-14H2,1H3. The Hall–Kier alpha value is -2.46. The number of carbonyl (C=O) groups excluding carboxylic acids is 2. The average Bonchev–Trinajstić information content (AvgIpc) is 2.72. The molecule has 0 bridgehead atoms. The molecule has 1 atom stereocenters. The molecule has 2 aromatic carbocycles.